The highest BCUT2D eigenvalue weighted by Gasteiger charge is 2.15. The van der Waals surface area contributed by atoms with Crippen molar-refractivity contribution >= 4 is 0 Å². The maximum absolute atomic E-state index is 4.61. The molecule has 1 aliphatic rings. The van der Waals surface area contributed by atoms with E-state index in [-0.39, 0.29) is 0 Å². The highest BCUT2D eigenvalue weighted by molar-refractivity contribution is 5.30. The normalized spacial score (nSPS) is 17.6. The van der Waals surface area contributed by atoms with Gasteiger partial charge in [-0.25, -0.2) is 0 Å². The molecule has 1 atom stereocenters. The summed E-state index contributed by atoms with van der Waals surface area (Å²) < 4.78 is 0. The minimum Gasteiger partial charge on any atom is -0.261 e. The van der Waals surface area contributed by atoms with Crippen molar-refractivity contribution in [3.8, 4) is 0 Å². The van der Waals surface area contributed by atoms with E-state index in [1.54, 1.807) is 5.56 Å². The fourth-order valence-electron chi connectivity index (χ4n) is 2.22. The van der Waals surface area contributed by atoms with E-state index in [1.807, 2.05) is 0 Å². The van der Waals surface area contributed by atoms with Crippen molar-refractivity contribution < 1.29 is 0 Å². The van der Waals surface area contributed by atoms with Crippen LogP contribution >= 0.6 is 0 Å². The molecular weight excluding hydrogens is 182 g/mol. The van der Waals surface area contributed by atoms with Crippen molar-refractivity contribution in [3.05, 3.63) is 29.1 Å². The van der Waals surface area contributed by atoms with E-state index in [1.165, 1.54) is 36.9 Å². The lowest BCUT2D eigenvalue weighted by Crippen LogP contribution is -2.09. The van der Waals surface area contributed by atoms with E-state index in [2.05, 4.69) is 38.0 Å². The lowest BCUT2D eigenvalue weighted by atomic mass is 9.88. The molecule has 82 valence electrons. The van der Waals surface area contributed by atoms with Crippen molar-refractivity contribution in [1.82, 2.24) is 4.98 Å². The third kappa shape index (κ3) is 2.22. The topological polar surface area (TPSA) is 12.9 Å². The standard InChI is InChI=1S/C14H21N/c1-10(2)11(3)14-8-12-6-4-5-7-13(12)9-15-14/h8-11H,4-7H2,1-3H3. The molecule has 2 rings (SSSR count). The summed E-state index contributed by atoms with van der Waals surface area (Å²) in [6.07, 6.45) is 7.30. The van der Waals surface area contributed by atoms with E-state index in [0.29, 0.717) is 11.8 Å². The van der Waals surface area contributed by atoms with Gasteiger partial charge in [0.15, 0.2) is 0 Å². The third-order valence-corrected chi connectivity index (χ3v) is 3.71. The van der Waals surface area contributed by atoms with Crippen LogP contribution in [0.2, 0.25) is 0 Å². The van der Waals surface area contributed by atoms with Crippen LogP contribution < -0.4 is 0 Å². The number of aromatic nitrogens is 1. The molecule has 1 nitrogen and oxygen atoms in total. The van der Waals surface area contributed by atoms with Crippen LogP contribution in [0.25, 0.3) is 0 Å². The Balaban J connectivity index is 2.27. The Bertz CT molecular complexity index is 341. The Labute approximate surface area is 92.9 Å². The van der Waals surface area contributed by atoms with Gasteiger partial charge in [0.25, 0.3) is 0 Å². The fourth-order valence-corrected chi connectivity index (χ4v) is 2.22. The minimum atomic E-state index is 0.581. The first-order valence-electron chi connectivity index (χ1n) is 6.16. The molecule has 1 unspecified atom stereocenters. The molecular formula is C14H21N. The summed E-state index contributed by atoms with van der Waals surface area (Å²) in [5.41, 5.74) is 4.32. The minimum absolute atomic E-state index is 0.581. The van der Waals surface area contributed by atoms with Crippen LogP contribution in [0.1, 0.15) is 56.4 Å². The molecule has 0 spiro atoms. The number of nitrogens with zero attached hydrogens (tertiary/aromatic N) is 1. The first-order valence-corrected chi connectivity index (χ1v) is 6.16. The molecule has 1 heterocycles. The smallest absolute Gasteiger partial charge is 0.0437 e. The van der Waals surface area contributed by atoms with Crippen molar-refractivity contribution in [1.29, 1.82) is 0 Å². The molecule has 0 fully saturated rings. The summed E-state index contributed by atoms with van der Waals surface area (Å²) in [6, 6.07) is 2.35. The Kier molecular flexibility index (Phi) is 3.08. The maximum Gasteiger partial charge on any atom is 0.0437 e. The molecule has 1 aromatic rings. The summed E-state index contributed by atoms with van der Waals surface area (Å²) >= 11 is 0. The van der Waals surface area contributed by atoms with Gasteiger partial charge in [0.05, 0.1) is 0 Å². The van der Waals surface area contributed by atoms with Crippen LogP contribution in [0.3, 0.4) is 0 Å². The van der Waals surface area contributed by atoms with Crippen LogP contribution in [-0.2, 0) is 12.8 Å². The van der Waals surface area contributed by atoms with Crippen LogP contribution in [-0.4, -0.2) is 4.98 Å². The summed E-state index contributed by atoms with van der Waals surface area (Å²) in [7, 11) is 0. The van der Waals surface area contributed by atoms with Crippen molar-refractivity contribution in [3.63, 3.8) is 0 Å². The second kappa shape index (κ2) is 4.34. The number of pyridine rings is 1. The predicted molar refractivity (Wildman–Crippen MR) is 64.1 cm³/mol. The van der Waals surface area contributed by atoms with Gasteiger partial charge < -0.3 is 0 Å². The van der Waals surface area contributed by atoms with Gasteiger partial charge in [0.1, 0.15) is 0 Å². The van der Waals surface area contributed by atoms with Crippen molar-refractivity contribution in [2.24, 2.45) is 5.92 Å². The van der Waals surface area contributed by atoms with Gasteiger partial charge in [-0.3, -0.25) is 4.98 Å². The first kappa shape index (κ1) is 10.7. The van der Waals surface area contributed by atoms with Gasteiger partial charge >= 0.3 is 0 Å². The molecule has 1 aliphatic carbocycles. The van der Waals surface area contributed by atoms with E-state index in [4.69, 9.17) is 0 Å². The van der Waals surface area contributed by atoms with Crippen LogP contribution in [0.5, 0.6) is 0 Å². The molecule has 1 aromatic heterocycles. The van der Waals surface area contributed by atoms with Gasteiger partial charge in [-0.1, -0.05) is 20.8 Å². The summed E-state index contributed by atoms with van der Waals surface area (Å²) in [6.45, 7) is 6.82. The lowest BCUT2D eigenvalue weighted by molar-refractivity contribution is 0.521. The fraction of sp³-hybridized carbons (Fsp3) is 0.643. The van der Waals surface area contributed by atoms with E-state index in [9.17, 15) is 0 Å². The van der Waals surface area contributed by atoms with Gasteiger partial charge in [-0.2, -0.15) is 0 Å². The second-order valence-corrected chi connectivity index (χ2v) is 5.12. The first-order chi connectivity index (χ1) is 7.18. The van der Waals surface area contributed by atoms with Crippen LogP contribution in [0, 0.1) is 5.92 Å². The lowest BCUT2D eigenvalue weighted by Gasteiger charge is -2.20. The highest BCUT2D eigenvalue weighted by Crippen LogP contribution is 2.26. The zero-order valence-corrected chi connectivity index (χ0v) is 10.1. The predicted octanol–water partition coefficient (Wildman–Crippen LogP) is 3.72. The molecule has 0 saturated heterocycles. The average Bonchev–Trinajstić information content (AvgIpc) is 2.27. The molecule has 0 amide bonds. The summed E-state index contributed by atoms with van der Waals surface area (Å²) in [4.78, 5) is 4.61. The zero-order valence-electron chi connectivity index (χ0n) is 10.1. The Morgan fingerprint density at radius 2 is 1.73 bits per heavy atom. The molecule has 0 radical (unpaired) electrons. The van der Waals surface area contributed by atoms with Crippen molar-refractivity contribution in [2.75, 3.05) is 0 Å². The van der Waals surface area contributed by atoms with Gasteiger partial charge in [0, 0.05) is 17.8 Å². The van der Waals surface area contributed by atoms with E-state index in [0.717, 1.165) is 0 Å². The molecule has 0 saturated carbocycles. The molecule has 0 bridgehead atoms. The number of rotatable bonds is 2. The molecule has 1 heteroatoms. The Hall–Kier alpha value is -0.850. The van der Waals surface area contributed by atoms with E-state index >= 15 is 0 Å². The van der Waals surface area contributed by atoms with Gasteiger partial charge in [-0.05, 0) is 48.8 Å². The number of hydrogen-bond acceptors (Lipinski definition) is 1. The monoisotopic (exact) mass is 203 g/mol. The molecule has 15 heavy (non-hydrogen) atoms. The summed E-state index contributed by atoms with van der Waals surface area (Å²) in [5, 5.41) is 0. The Morgan fingerprint density at radius 1 is 1.07 bits per heavy atom. The number of hydrogen-bond donors (Lipinski definition) is 0. The largest absolute Gasteiger partial charge is 0.261 e. The quantitative estimate of drug-likeness (QED) is 0.714. The third-order valence-electron chi connectivity index (χ3n) is 3.71. The molecule has 0 aliphatic heterocycles. The van der Waals surface area contributed by atoms with Crippen molar-refractivity contribution in [2.45, 2.75) is 52.4 Å². The Morgan fingerprint density at radius 3 is 2.40 bits per heavy atom. The number of fused-ring (bicyclic) bond motifs is 1. The van der Waals surface area contributed by atoms with E-state index < -0.39 is 0 Å². The maximum atomic E-state index is 4.61. The van der Waals surface area contributed by atoms with Crippen LogP contribution in [0.4, 0.5) is 0 Å². The molecule has 0 N–H and O–H groups in total. The highest BCUT2D eigenvalue weighted by atomic mass is 14.7. The molecule has 0 aromatic carbocycles. The van der Waals surface area contributed by atoms with Gasteiger partial charge in [-0.15, -0.1) is 0 Å². The SMILES string of the molecule is CC(C)C(C)c1cc2c(cn1)CCCC2. The van der Waals surface area contributed by atoms with Gasteiger partial charge in [0.2, 0.25) is 0 Å². The second-order valence-electron chi connectivity index (χ2n) is 5.12. The summed E-state index contributed by atoms with van der Waals surface area (Å²) in [5.74, 6) is 1.26. The number of aryl methyl sites for hydroxylation is 2. The average molecular weight is 203 g/mol. The zero-order chi connectivity index (χ0) is 10.8. The van der Waals surface area contributed by atoms with Crippen LogP contribution in [0.15, 0.2) is 12.3 Å².